The highest BCUT2D eigenvalue weighted by Crippen LogP contribution is 2.29. The van der Waals surface area contributed by atoms with Gasteiger partial charge in [-0.15, -0.1) is 11.3 Å². The normalized spacial score (nSPS) is 12.2. The highest BCUT2D eigenvalue weighted by atomic mass is 32.1. The Morgan fingerprint density at radius 1 is 1.35 bits per heavy atom. The van der Waals surface area contributed by atoms with Gasteiger partial charge in [-0.2, -0.15) is 0 Å². The number of rotatable bonds is 5. The summed E-state index contributed by atoms with van der Waals surface area (Å²) in [5.41, 5.74) is 8.00. The number of methoxy groups -OCH3 is 1. The first-order chi connectivity index (χ1) is 9.51. The van der Waals surface area contributed by atoms with Gasteiger partial charge in [0.25, 0.3) is 0 Å². The number of aromatic nitrogens is 1. The maximum atomic E-state index is 5.97. The van der Waals surface area contributed by atoms with Crippen LogP contribution in [0.25, 0.3) is 0 Å². The quantitative estimate of drug-likeness (QED) is 0.918. The molecule has 2 rings (SSSR count). The van der Waals surface area contributed by atoms with Gasteiger partial charge in [0.15, 0.2) is 0 Å². The van der Waals surface area contributed by atoms with Crippen LogP contribution >= 0.6 is 11.3 Å². The van der Waals surface area contributed by atoms with Crippen LogP contribution in [-0.2, 0) is 6.61 Å². The topological polar surface area (TPSA) is 57.4 Å². The van der Waals surface area contributed by atoms with E-state index in [1.165, 1.54) is 4.88 Å². The summed E-state index contributed by atoms with van der Waals surface area (Å²) in [5, 5.41) is 0.971. The number of hydrogen-bond acceptors (Lipinski definition) is 5. The molecule has 0 aliphatic carbocycles. The third kappa shape index (κ3) is 3.29. The van der Waals surface area contributed by atoms with Crippen molar-refractivity contribution in [3.05, 3.63) is 39.3 Å². The Labute approximate surface area is 123 Å². The molecule has 1 unspecified atom stereocenters. The summed E-state index contributed by atoms with van der Waals surface area (Å²) in [6, 6.07) is 5.61. The second-order valence-corrected chi connectivity index (χ2v) is 6.02. The van der Waals surface area contributed by atoms with Crippen molar-refractivity contribution in [2.24, 2.45) is 5.73 Å². The second kappa shape index (κ2) is 6.24. The number of aryl methyl sites for hydroxylation is 2. The minimum Gasteiger partial charge on any atom is -0.497 e. The summed E-state index contributed by atoms with van der Waals surface area (Å²) < 4.78 is 11.1. The second-order valence-electron chi connectivity index (χ2n) is 4.73. The van der Waals surface area contributed by atoms with Gasteiger partial charge in [-0.3, -0.25) is 0 Å². The number of ether oxygens (including phenoxy) is 2. The van der Waals surface area contributed by atoms with Crippen LogP contribution < -0.4 is 15.2 Å². The van der Waals surface area contributed by atoms with Crippen LogP contribution in [-0.4, -0.2) is 12.1 Å². The summed E-state index contributed by atoms with van der Waals surface area (Å²) >= 11 is 1.66. The van der Waals surface area contributed by atoms with Gasteiger partial charge >= 0.3 is 0 Å². The Kier molecular flexibility index (Phi) is 4.62. The van der Waals surface area contributed by atoms with Crippen molar-refractivity contribution in [1.29, 1.82) is 0 Å². The summed E-state index contributed by atoms with van der Waals surface area (Å²) in [5.74, 6) is 1.51. The number of nitrogens with two attached hydrogens (primary N) is 1. The molecule has 4 nitrogen and oxygen atoms in total. The van der Waals surface area contributed by atoms with Crippen LogP contribution in [0.5, 0.6) is 11.5 Å². The fourth-order valence-corrected chi connectivity index (χ4v) is 2.73. The van der Waals surface area contributed by atoms with Gasteiger partial charge in [-0.1, -0.05) is 6.07 Å². The predicted molar refractivity (Wildman–Crippen MR) is 81.5 cm³/mol. The number of benzene rings is 1. The van der Waals surface area contributed by atoms with Crippen LogP contribution in [0.2, 0.25) is 0 Å². The van der Waals surface area contributed by atoms with E-state index in [-0.39, 0.29) is 6.04 Å². The average Bonchev–Trinajstić information content (AvgIpc) is 2.75. The van der Waals surface area contributed by atoms with E-state index in [2.05, 4.69) is 11.9 Å². The minimum atomic E-state index is -0.0873. The summed E-state index contributed by atoms with van der Waals surface area (Å²) in [4.78, 5) is 5.70. The maximum Gasteiger partial charge on any atom is 0.140 e. The van der Waals surface area contributed by atoms with Gasteiger partial charge < -0.3 is 15.2 Å². The highest BCUT2D eigenvalue weighted by Gasteiger charge is 2.11. The molecule has 1 atom stereocenters. The molecule has 0 aliphatic heterocycles. The molecule has 1 heterocycles. The van der Waals surface area contributed by atoms with Crippen LogP contribution in [0.1, 0.15) is 34.1 Å². The average molecular weight is 292 g/mol. The van der Waals surface area contributed by atoms with Crippen molar-refractivity contribution in [3.63, 3.8) is 0 Å². The molecule has 0 saturated heterocycles. The van der Waals surface area contributed by atoms with Gasteiger partial charge in [-0.25, -0.2) is 4.98 Å². The monoisotopic (exact) mass is 292 g/mol. The van der Waals surface area contributed by atoms with Crippen molar-refractivity contribution < 1.29 is 9.47 Å². The SMILES string of the molecule is COc1ccc(C(C)N)c(OCc2nc(C)c(C)s2)c1. The summed E-state index contributed by atoms with van der Waals surface area (Å²) in [6.07, 6.45) is 0. The first kappa shape index (κ1) is 14.8. The standard InChI is InChI=1S/C15H20N2O2S/c1-9(16)13-6-5-12(18-4)7-14(13)19-8-15-17-10(2)11(3)20-15/h5-7,9H,8,16H2,1-4H3. The Morgan fingerprint density at radius 2 is 2.10 bits per heavy atom. The van der Waals surface area contributed by atoms with Crippen molar-refractivity contribution >= 4 is 11.3 Å². The summed E-state index contributed by atoms with van der Waals surface area (Å²) in [6.45, 7) is 6.46. The molecule has 1 aromatic heterocycles. The lowest BCUT2D eigenvalue weighted by Crippen LogP contribution is -2.08. The zero-order chi connectivity index (χ0) is 14.7. The van der Waals surface area contributed by atoms with Crippen LogP contribution in [0.4, 0.5) is 0 Å². The van der Waals surface area contributed by atoms with E-state index in [1.54, 1.807) is 18.4 Å². The lowest BCUT2D eigenvalue weighted by molar-refractivity contribution is 0.298. The Balaban J connectivity index is 2.18. The lowest BCUT2D eigenvalue weighted by Gasteiger charge is -2.14. The lowest BCUT2D eigenvalue weighted by atomic mass is 10.1. The molecule has 20 heavy (non-hydrogen) atoms. The Morgan fingerprint density at radius 3 is 2.65 bits per heavy atom. The highest BCUT2D eigenvalue weighted by molar-refractivity contribution is 7.11. The third-order valence-electron chi connectivity index (χ3n) is 3.14. The van der Waals surface area contributed by atoms with Crippen LogP contribution in [0.15, 0.2) is 18.2 Å². The van der Waals surface area contributed by atoms with E-state index in [9.17, 15) is 0 Å². The van der Waals surface area contributed by atoms with E-state index in [1.807, 2.05) is 32.0 Å². The first-order valence-electron chi connectivity index (χ1n) is 6.50. The summed E-state index contributed by atoms with van der Waals surface area (Å²) in [7, 11) is 1.64. The van der Waals surface area contributed by atoms with Gasteiger partial charge in [0.2, 0.25) is 0 Å². The molecule has 0 radical (unpaired) electrons. The van der Waals surface area contributed by atoms with E-state index >= 15 is 0 Å². The molecule has 0 spiro atoms. The molecule has 0 fully saturated rings. The molecular formula is C15H20N2O2S. The molecule has 2 N–H and O–H groups in total. The van der Waals surface area contributed by atoms with Crippen molar-refractivity contribution in [1.82, 2.24) is 4.98 Å². The van der Waals surface area contributed by atoms with E-state index in [0.717, 1.165) is 27.8 Å². The molecule has 5 heteroatoms. The zero-order valence-corrected chi connectivity index (χ0v) is 13.1. The number of thiazole rings is 1. The van der Waals surface area contributed by atoms with Crippen LogP contribution in [0.3, 0.4) is 0 Å². The largest absolute Gasteiger partial charge is 0.497 e. The molecule has 0 amide bonds. The number of nitrogens with zero attached hydrogens (tertiary/aromatic N) is 1. The van der Waals surface area contributed by atoms with Gasteiger partial charge in [0, 0.05) is 22.5 Å². The van der Waals surface area contributed by atoms with Crippen LogP contribution in [0, 0.1) is 13.8 Å². The van der Waals surface area contributed by atoms with E-state index < -0.39 is 0 Å². The fraction of sp³-hybridized carbons (Fsp3) is 0.400. The molecule has 1 aromatic carbocycles. The molecule has 0 aliphatic rings. The zero-order valence-electron chi connectivity index (χ0n) is 12.3. The van der Waals surface area contributed by atoms with E-state index in [4.69, 9.17) is 15.2 Å². The van der Waals surface area contributed by atoms with E-state index in [0.29, 0.717) is 6.61 Å². The molecule has 0 bridgehead atoms. The van der Waals surface area contributed by atoms with Crippen molar-refractivity contribution in [2.45, 2.75) is 33.4 Å². The molecule has 2 aromatic rings. The number of hydrogen-bond donors (Lipinski definition) is 1. The van der Waals surface area contributed by atoms with Gasteiger partial charge in [-0.05, 0) is 26.8 Å². The molecule has 108 valence electrons. The van der Waals surface area contributed by atoms with Gasteiger partial charge in [0.1, 0.15) is 23.1 Å². The molecular weight excluding hydrogens is 272 g/mol. The maximum absolute atomic E-state index is 5.97. The van der Waals surface area contributed by atoms with Gasteiger partial charge in [0.05, 0.1) is 12.8 Å². The minimum absolute atomic E-state index is 0.0873. The predicted octanol–water partition coefficient (Wildman–Crippen LogP) is 3.37. The molecule has 0 saturated carbocycles. The smallest absolute Gasteiger partial charge is 0.140 e. The van der Waals surface area contributed by atoms with Crippen molar-refractivity contribution in [2.75, 3.05) is 7.11 Å². The first-order valence-corrected chi connectivity index (χ1v) is 7.32. The Bertz CT molecular complexity index is 574. The third-order valence-corrected chi connectivity index (χ3v) is 4.18. The Hall–Kier alpha value is -1.59. The fourth-order valence-electron chi connectivity index (χ4n) is 1.88. The van der Waals surface area contributed by atoms with Crippen molar-refractivity contribution in [3.8, 4) is 11.5 Å².